The average molecular weight is 230 g/mol. The first-order valence-electron chi connectivity index (χ1n) is 4.36. The predicted molar refractivity (Wildman–Crippen MR) is 58.5 cm³/mol. The van der Waals surface area contributed by atoms with Gasteiger partial charge in [-0.2, -0.15) is 0 Å². The third-order valence-corrected chi connectivity index (χ3v) is 2.74. The lowest BCUT2D eigenvalue weighted by Gasteiger charge is -2.23. The normalized spacial score (nSPS) is 20.2. The molecule has 2 rings (SSSR count). The van der Waals surface area contributed by atoms with E-state index in [-0.39, 0.29) is 11.8 Å². The summed E-state index contributed by atoms with van der Waals surface area (Å²) >= 11 is 11.8. The van der Waals surface area contributed by atoms with E-state index >= 15 is 0 Å². The molecular formula is C10H9Cl2NO. The zero-order chi connectivity index (χ0) is 10.3. The fourth-order valence-corrected chi connectivity index (χ4v) is 2.27. The summed E-state index contributed by atoms with van der Waals surface area (Å²) in [6.45, 7) is 1.95. The van der Waals surface area contributed by atoms with Gasteiger partial charge in [-0.15, -0.1) is 0 Å². The van der Waals surface area contributed by atoms with E-state index in [1.54, 1.807) is 12.1 Å². The second-order valence-electron chi connectivity index (χ2n) is 3.48. The van der Waals surface area contributed by atoms with Crippen LogP contribution in [0.1, 0.15) is 23.7 Å². The fourth-order valence-electron chi connectivity index (χ4n) is 1.67. The summed E-state index contributed by atoms with van der Waals surface area (Å²) in [5.41, 5.74) is 1.31. The van der Waals surface area contributed by atoms with Crippen LogP contribution in [0.2, 0.25) is 10.0 Å². The Labute approximate surface area is 92.2 Å². The molecule has 1 heterocycles. The molecular weight excluding hydrogens is 221 g/mol. The van der Waals surface area contributed by atoms with E-state index in [0.717, 1.165) is 5.69 Å². The van der Waals surface area contributed by atoms with Crippen LogP contribution >= 0.6 is 23.2 Å². The topological polar surface area (TPSA) is 29.1 Å². The summed E-state index contributed by atoms with van der Waals surface area (Å²) in [5, 5.41) is 4.15. The van der Waals surface area contributed by atoms with Gasteiger partial charge in [-0.3, -0.25) is 4.79 Å². The van der Waals surface area contributed by atoms with E-state index in [1.165, 1.54) is 0 Å². The molecule has 0 fully saturated rings. The third-order valence-electron chi connectivity index (χ3n) is 2.23. The monoisotopic (exact) mass is 229 g/mol. The minimum absolute atomic E-state index is 0.0768. The van der Waals surface area contributed by atoms with Crippen molar-refractivity contribution in [1.82, 2.24) is 0 Å². The number of Topliss-reactive ketones (excluding diaryl/α,β-unsaturated/α-hetero) is 1. The highest BCUT2D eigenvalue weighted by molar-refractivity contribution is 6.38. The molecule has 1 atom stereocenters. The molecule has 0 spiro atoms. The molecule has 14 heavy (non-hydrogen) atoms. The molecule has 1 aliphatic rings. The summed E-state index contributed by atoms with van der Waals surface area (Å²) in [6, 6.07) is 3.47. The first kappa shape index (κ1) is 9.81. The molecule has 4 heteroatoms. The van der Waals surface area contributed by atoms with Crippen molar-refractivity contribution in [3.8, 4) is 0 Å². The van der Waals surface area contributed by atoms with Gasteiger partial charge in [-0.05, 0) is 19.1 Å². The molecule has 0 amide bonds. The van der Waals surface area contributed by atoms with Crippen LogP contribution in [0.5, 0.6) is 0 Å². The number of fused-ring (bicyclic) bond motifs is 1. The standard InChI is InChI=1S/C10H9Cl2NO/c1-5-2-9(14)10-7(12)3-6(11)4-8(10)13-5/h3-5,13H,2H2,1H3. The molecule has 0 saturated heterocycles. The number of rotatable bonds is 0. The first-order chi connectivity index (χ1) is 6.58. The fraction of sp³-hybridized carbons (Fsp3) is 0.300. The second kappa shape index (κ2) is 3.44. The van der Waals surface area contributed by atoms with Gasteiger partial charge >= 0.3 is 0 Å². The van der Waals surface area contributed by atoms with E-state index in [9.17, 15) is 4.79 Å². The maximum Gasteiger partial charge on any atom is 0.168 e. The molecule has 2 nitrogen and oxygen atoms in total. The molecule has 74 valence electrons. The van der Waals surface area contributed by atoms with Crippen LogP contribution in [0.15, 0.2) is 12.1 Å². The lowest BCUT2D eigenvalue weighted by Crippen LogP contribution is -2.26. The van der Waals surface area contributed by atoms with Crippen LogP contribution in [0.25, 0.3) is 0 Å². The molecule has 1 unspecified atom stereocenters. The van der Waals surface area contributed by atoms with E-state index in [2.05, 4.69) is 5.32 Å². The van der Waals surface area contributed by atoms with Crippen molar-refractivity contribution >= 4 is 34.7 Å². The van der Waals surface area contributed by atoms with Crippen molar-refractivity contribution < 1.29 is 4.79 Å². The van der Waals surface area contributed by atoms with E-state index in [1.807, 2.05) is 6.92 Å². The average Bonchev–Trinajstić information content (AvgIpc) is 1.99. The maximum absolute atomic E-state index is 11.7. The smallest absolute Gasteiger partial charge is 0.168 e. The maximum atomic E-state index is 11.7. The van der Waals surface area contributed by atoms with Crippen molar-refractivity contribution in [2.24, 2.45) is 0 Å². The van der Waals surface area contributed by atoms with Gasteiger partial charge in [0.2, 0.25) is 0 Å². The largest absolute Gasteiger partial charge is 0.381 e. The highest BCUT2D eigenvalue weighted by Gasteiger charge is 2.24. The summed E-state index contributed by atoms with van der Waals surface area (Å²) in [4.78, 5) is 11.7. The van der Waals surface area contributed by atoms with E-state index < -0.39 is 0 Å². The van der Waals surface area contributed by atoms with Gasteiger partial charge in [0, 0.05) is 23.2 Å². The predicted octanol–water partition coefficient (Wildman–Crippen LogP) is 3.38. The van der Waals surface area contributed by atoms with Crippen molar-refractivity contribution in [1.29, 1.82) is 0 Å². The molecule has 0 radical (unpaired) electrons. The summed E-state index contributed by atoms with van der Waals surface area (Å²) < 4.78 is 0. The number of benzene rings is 1. The van der Waals surface area contributed by atoms with E-state index in [0.29, 0.717) is 22.0 Å². The van der Waals surface area contributed by atoms with Crippen LogP contribution in [-0.2, 0) is 0 Å². The number of halogens is 2. The SMILES string of the molecule is CC1CC(=O)c2c(Cl)cc(Cl)cc2N1. The second-order valence-corrected chi connectivity index (χ2v) is 4.33. The van der Waals surface area contributed by atoms with Crippen molar-refractivity contribution in [2.75, 3.05) is 5.32 Å². The van der Waals surface area contributed by atoms with Gasteiger partial charge < -0.3 is 5.32 Å². The van der Waals surface area contributed by atoms with Crippen molar-refractivity contribution in [3.63, 3.8) is 0 Å². The molecule has 0 saturated carbocycles. The van der Waals surface area contributed by atoms with Gasteiger partial charge in [0.15, 0.2) is 5.78 Å². The highest BCUT2D eigenvalue weighted by atomic mass is 35.5. The van der Waals surface area contributed by atoms with Crippen LogP contribution in [0, 0.1) is 0 Å². The van der Waals surface area contributed by atoms with Crippen LogP contribution < -0.4 is 5.32 Å². The van der Waals surface area contributed by atoms with E-state index in [4.69, 9.17) is 23.2 Å². The van der Waals surface area contributed by atoms with Gasteiger partial charge in [0.1, 0.15) is 0 Å². The Hall–Kier alpha value is -0.730. The van der Waals surface area contributed by atoms with Crippen LogP contribution in [0.3, 0.4) is 0 Å². The van der Waals surface area contributed by atoms with Gasteiger partial charge in [0.05, 0.1) is 10.6 Å². The first-order valence-corrected chi connectivity index (χ1v) is 5.12. The minimum Gasteiger partial charge on any atom is -0.381 e. The summed E-state index contributed by atoms with van der Waals surface area (Å²) in [6.07, 6.45) is 0.481. The van der Waals surface area contributed by atoms with Gasteiger partial charge in [-0.25, -0.2) is 0 Å². The Kier molecular flexibility index (Phi) is 2.41. The minimum atomic E-state index is 0.0768. The Morgan fingerprint density at radius 1 is 1.43 bits per heavy atom. The quantitative estimate of drug-likeness (QED) is 0.740. The molecule has 1 N–H and O–H groups in total. The third kappa shape index (κ3) is 1.60. The molecule has 0 bridgehead atoms. The van der Waals surface area contributed by atoms with Crippen molar-refractivity contribution in [3.05, 3.63) is 27.7 Å². The number of hydrogen-bond donors (Lipinski definition) is 1. The summed E-state index contributed by atoms with van der Waals surface area (Å²) in [5.74, 6) is 0.0768. The number of hydrogen-bond acceptors (Lipinski definition) is 2. The van der Waals surface area contributed by atoms with Gasteiger partial charge in [-0.1, -0.05) is 23.2 Å². The number of anilines is 1. The lowest BCUT2D eigenvalue weighted by atomic mass is 9.98. The van der Waals surface area contributed by atoms with Crippen molar-refractivity contribution in [2.45, 2.75) is 19.4 Å². The number of ketones is 1. The highest BCUT2D eigenvalue weighted by Crippen LogP contribution is 2.33. The zero-order valence-electron chi connectivity index (χ0n) is 7.60. The number of nitrogens with one attached hydrogen (secondary N) is 1. The Morgan fingerprint density at radius 2 is 2.14 bits per heavy atom. The van der Waals surface area contributed by atoms with Crippen LogP contribution in [-0.4, -0.2) is 11.8 Å². The lowest BCUT2D eigenvalue weighted by molar-refractivity contribution is 0.0975. The molecule has 1 aliphatic heterocycles. The number of carbonyl (C=O) groups is 1. The van der Waals surface area contributed by atoms with Crippen LogP contribution in [0.4, 0.5) is 5.69 Å². The molecule has 1 aromatic rings. The molecule has 0 aromatic heterocycles. The Morgan fingerprint density at radius 3 is 2.86 bits per heavy atom. The molecule has 0 aliphatic carbocycles. The summed E-state index contributed by atoms with van der Waals surface area (Å²) in [7, 11) is 0. The van der Waals surface area contributed by atoms with Gasteiger partial charge in [0.25, 0.3) is 0 Å². The molecule has 1 aromatic carbocycles. The number of carbonyl (C=O) groups excluding carboxylic acids is 1. The Balaban J connectivity index is 2.59. The zero-order valence-corrected chi connectivity index (χ0v) is 9.12. The Bertz CT molecular complexity index is 403.